The first-order chi connectivity index (χ1) is 20.0. The Morgan fingerprint density at radius 1 is 0.756 bits per heavy atom. The van der Waals surface area contributed by atoms with Crippen LogP contribution in [0.2, 0.25) is 0 Å². The summed E-state index contributed by atoms with van der Waals surface area (Å²) >= 11 is 0. The van der Waals surface area contributed by atoms with Crippen LogP contribution in [0, 0.1) is 0 Å². The molecule has 0 aliphatic rings. The predicted molar refractivity (Wildman–Crippen MR) is 161 cm³/mol. The second-order valence-electron chi connectivity index (χ2n) is 10.0. The van der Waals surface area contributed by atoms with Crippen LogP contribution in [0.15, 0.2) is 97.2 Å². The third kappa shape index (κ3) is 8.24. The Morgan fingerprint density at radius 3 is 2.20 bits per heavy atom. The van der Waals surface area contributed by atoms with E-state index in [1.54, 1.807) is 43.4 Å². The number of aromatic nitrogens is 1. The Labute approximate surface area is 242 Å². The highest BCUT2D eigenvalue weighted by Gasteiger charge is 2.23. The average Bonchev–Trinajstić information content (AvgIpc) is 3.45. The van der Waals surface area contributed by atoms with Crippen molar-refractivity contribution in [3.63, 3.8) is 0 Å². The summed E-state index contributed by atoms with van der Waals surface area (Å²) in [5.41, 5.74) is 3.70. The fraction of sp³-hybridized carbons (Fsp3) is 0.294. The summed E-state index contributed by atoms with van der Waals surface area (Å²) in [5, 5.41) is 0. The van der Waals surface area contributed by atoms with E-state index >= 15 is 0 Å². The SMILES string of the molecule is CCCCN(CC(=O)N(Cc1ccccc1)Cc1cccn1Cc1cccc(OC)c1)C(=O)c1ccc(OC)cc1. The molecule has 0 saturated heterocycles. The maximum atomic E-state index is 13.9. The first-order valence-electron chi connectivity index (χ1n) is 14.0. The zero-order valence-electron chi connectivity index (χ0n) is 24.2. The molecular weight excluding hydrogens is 514 g/mol. The van der Waals surface area contributed by atoms with E-state index in [0.29, 0.717) is 37.5 Å². The zero-order chi connectivity index (χ0) is 29.0. The van der Waals surface area contributed by atoms with Crippen LogP contribution < -0.4 is 9.47 Å². The van der Waals surface area contributed by atoms with E-state index in [2.05, 4.69) is 17.6 Å². The van der Waals surface area contributed by atoms with E-state index in [9.17, 15) is 9.59 Å². The lowest BCUT2D eigenvalue weighted by atomic mass is 10.1. The van der Waals surface area contributed by atoms with Gasteiger partial charge in [-0.15, -0.1) is 0 Å². The Kier molecular flexibility index (Phi) is 10.6. The van der Waals surface area contributed by atoms with Gasteiger partial charge in [0.05, 0.1) is 20.8 Å². The molecule has 0 N–H and O–H groups in total. The van der Waals surface area contributed by atoms with Gasteiger partial charge in [0.1, 0.15) is 18.0 Å². The van der Waals surface area contributed by atoms with Crippen molar-refractivity contribution in [2.45, 2.75) is 39.4 Å². The minimum atomic E-state index is -0.157. The van der Waals surface area contributed by atoms with Crippen LogP contribution in [0.4, 0.5) is 0 Å². The second kappa shape index (κ2) is 14.7. The molecule has 0 fully saturated rings. The van der Waals surface area contributed by atoms with Gasteiger partial charge in [0, 0.05) is 37.1 Å². The predicted octanol–water partition coefficient (Wildman–Crippen LogP) is 6.02. The van der Waals surface area contributed by atoms with Crippen LogP contribution in [0.5, 0.6) is 11.5 Å². The number of methoxy groups -OCH3 is 2. The number of carbonyl (C=O) groups is 2. The van der Waals surface area contributed by atoms with Gasteiger partial charge < -0.3 is 23.8 Å². The van der Waals surface area contributed by atoms with E-state index in [0.717, 1.165) is 35.4 Å². The number of hydrogen-bond donors (Lipinski definition) is 0. The summed E-state index contributed by atoms with van der Waals surface area (Å²) in [6.07, 6.45) is 3.77. The smallest absolute Gasteiger partial charge is 0.254 e. The molecule has 41 heavy (non-hydrogen) atoms. The van der Waals surface area contributed by atoms with Crippen LogP contribution in [0.3, 0.4) is 0 Å². The van der Waals surface area contributed by atoms with E-state index in [4.69, 9.17) is 9.47 Å². The summed E-state index contributed by atoms with van der Waals surface area (Å²) in [6.45, 7) is 4.12. The first-order valence-corrected chi connectivity index (χ1v) is 14.0. The van der Waals surface area contributed by atoms with Crippen molar-refractivity contribution >= 4 is 11.8 Å². The molecule has 0 bridgehead atoms. The molecule has 0 aliphatic heterocycles. The monoisotopic (exact) mass is 553 g/mol. The maximum Gasteiger partial charge on any atom is 0.254 e. The molecule has 0 atom stereocenters. The molecule has 1 aromatic heterocycles. The van der Waals surface area contributed by atoms with Crippen molar-refractivity contribution in [3.8, 4) is 11.5 Å². The minimum absolute atomic E-state index is 0.00822. The van der Waals surface area contributed by atoms with Gasteiger partial charge in [-0.25, -0.2) is 0 Å². The number of amides is 2. The van der Waals surface area contributed by atoms with Gasteiger partial charge in [-0.2, -0.15) is 0 Å². The van der Waals surface area contributed by atoms with E-state index in [1.807, 2.05) is 71.8 Å². The lowest BCUT2D eigenvalue weighted by molar-refractivity contribution is -0.133. The largest absolute Gasteiger partial charge is 0.497 e. The van der Waals surface area contributed by atoms with Crippen molar-refractivity contribution in [3.05, 3.63) is 120 Å². The quantitative estimate of drug-likeness (QED) is 0.191. The van der Waals surface area contributed by atoms with Crippen LogP contribution in [-0.4, -0.2) is 53.5 Å². The molecule has 0 aliphatic carbocycles. The van der Waals surface area contributed by atoms with Gasteiger partial charge in [-0.3, -0.25) is 9.59 Å². The van der Waals surface area contributed by atoms with Gasteiger partial charge in [0.2, 0.25) is 5.91 Å². The molecule has 0 unspecified atom stereocenters. The highest BCUT2D eigenvalue weighted by atomic mass is 16.5. The molecule has 0 saturated carbocycles. The molecule has 7 nitrogen and oxygen atoms in total. The van der Waals surface area contributed by atoms with Crippen LogP contribution >= 0.6 is 0 Å². The first kappa shape index (κ1) is 29.5. The average molecular weight is 554 g/mol. The highest BCUT2D eigenvalue weighted by molar-refractivity contribution is 5.96. The molecule has 2 amide bonds. The minimum Gasteiger partial charge on any atom is -0.497 e. The summed E-state index contributed by atoms with van der Waals surface area (Å²) < 4.78 is 12.8. The van der Waals surface area contributed by atoms with Crippen molar-refractivity contribution in [2.75, 3.05) is 27.3 Å². The van der Waals surface area contributed by atoms with E-state index in [-0.39, 0.29) is 18.4 Å². The van der Waals surface area contributed by atoms with Gasteiger partial charge in [-0.05, 0) is 66.1 Å². The molecule has 7 heteroatoms. The van der Waals surface area contributed by atoms with Crippen LogP contribution in [0.25, 0.3) is 0 Å². The van der Waals surface area contributed by atoms with Gasteiger partial charge in [0.25, 0.3) is 5.91 Å². The number of benzene rings is 3. The zero-order valence-corrected chi connectivity index (χ0v) is 24.2. The molecular formula is C34H39N3O4. The number of ether oxygens (including phenoxy) is 2. The standard InChI is InChI=1S/C34H39N3O4/c1-4-5-20-36(34(39)29-16-18-31(40-2)19-17-29)26-33(38)37(23-27-11-7-6-8-12-27)25-30-14-10-21-35(30)24-28-13-9-15-32(22-28)41-3/h6-19,21-22H,4-5,20,23-26H2,1-3H3. The number of rotatable bonds is 14. The fourth-order valence-corrected chi connectivity index (χ4v) is 4.73. The molecule has 4 rings (SSSR count). The van der Waals surface area contributed by atoms with Gasteiger partial charge >= 0.3 is 0 Å². The number of carbonyl (C=O) groups excluding carboxylic acids is 2. The third-order valence-electron chi connectivity index (χ3n) is 7.06. The third-order valence-corrected chi connectivity index (χ3v) is 7.06. The topological polar surface area (TPSA) is 64.0 Å². The lowest BCUT2D eigenvalue weighted by Crippen LogP contribution is -2.43. The second-order valence-corrected chi connectivity index (χ2v) is 10.0. The van der Waals surface area contributed by atoms with Crippen molar-refractivity contribution < 1.29 is 19.1 Å². The molecule has 0 radical (unpaired) electrons. The molecule has 4 aromatic rings. The Morgan fingerprint density at radius 2 is 1.49 bits per heavy atom. The van der Waals surface area contributed by atoms with E-state index in [1.165, 1.54) is 0 Å². The molecule has 1 heterocycles. The number of nitrogens with zero attached hydrogens (tertiary/aromatic N) is 3. The maximum absolute atomic E-state index is 13.9. The van der Waals surface area contributed by atoms with Gasteiger partial charge in [-0.1, -0.05) is 55.8 Å². The molecule has 214 valence electrons. The highest BCUT2D eigenvalue weighted by Crippen LogP contribution is 2.18. The van der Waals surface area contributed by atoms with Crippen LogP contribution in [-0.2, 0) is 24.4 Å². The van der Waals surface area contributed by atoms with Crippen molar-refractivity contribution in [2.24, 2.45) is 0 Å². The Balaban J connectivity index is 1.56. The van der Waals surface area contributed by atoms with Gasteiger partial charge in [0.15, 0.2) is 0 Å². The lowest BCUT2D eigenvalue weighted by Gasteiger charge is -2.28. The fourth-order valence-electron chi connectivity index (χ4n) is 4.73. The summed E-state index contributed by atoms with van der Waals surface area (Å²) in [5.74, 6) is 1.24. The van der Waals surface area contributed by atoms with Crippen LogP contribution in [0.1, 0.15) is 46.9 Å². The summed E-state index contributed by atoms with van der Waals surface area (Å²) in [7, 11) is 3.26. The Hall–Kier alpha value is -4.52. The van der Waals surface area contributed by atoms with Crippen molar-refractivity contribution in [1.82, 2.24) is 14.4 Å². The summed E-state index contributed by atoms with van der Waals surface area (Å²) in [6, 6.07) is 29.0. The molecule has 0 spiro atoms. The van der Waals surface area contributed by atoms with Crippen molar-refractivity contribution in [1.29, 1.82) is 0 Å². The number of hydrogen-bond acceptors (Lipinski definition) is 4. The summed E-state index contributed by atoms with van der Waals surface area (Å²) in [4.78, 5) is 30.9. The van der Waals surface area contributed by atoms with E-state index < -0.39 is 0 Å². The Bertz CT molecular complexity index is 1400. The number of unbranched alkanes of at least 4 members (excludes halogenated alkanes) is 1. The molecule has 3 aromatic carbocycles. The normalized spacial score (nSPS) is 10.7.